The molecule has 0 radical (unpaired) electrons. The van der Waals surface area contributed by atoms with Crippen LogP contribution in [0.4, 0.5) is 0 Å². The van der Waals surface area contributed by atoms with E-state index in [2.05, 4.69) is 23.7 Å². The average molecular weight is 250 g/mol. The highest BCUT2D eigenvalue weighted by atomic mass is 16.3. The Balaban J connectivity index is 2.65. The van der Waals surface area contributed by atoms with Crippen LogP contribution in [0, 0.1) is 6.92 Å². The molecule has 0 aliphatic carbocycles. The Morgan fingerprint density at radius 1 is 1.17 bits per heavy atom. The van der Waals surface area contributed by atoms with Crippen molar-refractivity contribution >= 4 is 0 Å². The highest BCUT2D eigenvalue weighted by Gasteiger charge is 2.10. The van der Waals surface area contributed by atoms with Gasteiger partial charge in [-0.2, -0.15) is 0 Å². The maximum absolute atomic E-state index is 10.0. The van der Waals surface area contributed by atoms with Crippen molar-refractivity contribution in [1.82, 2.24) is 9.88 Å². The van der Waals surface area contributed by atoms with Crippen molar-refractivity contribution in [2.45, 2.75) is 53.0 Å². The van der Waals surface area contributed by atoms with E-state index in [9.17, 15) is 5.11 Å². The largest absolute Gasteiger partial charge is 0.506 e. The Morgan fingerprint density at radius 3 is 2.33 bits per heavy atom. The molecule has 1 rings (SSSR count). The normalized spacial score (nSPS) is 11.1. The standard InChI is InChI=1S/C15H26N2O/c1-4-6-10-17(11-7-5-2)12-14-8-9-16-13(3)15(14)18/h8-9,18H,4-7,10-12H2,1-3H3. The topological polar surface area (TPSA) is 36.4 Å². The summed E-state index contributed by atoms with van der Waals surface area (Å²) >= 11 is 0. The molecule has 3 nitrogen and oxygen atoms in total. The minimum Gasteiger partial charge on any atom is -0.506 e. The first-order chi connectivity index (χ1) is 8.69. The number of hydrogen-bond donors (Lipinski definition) is 1. The molecule has 0 saturated carbocycles. The Kier molecular flexibility index (Phi) is 6.73. The molecule has 0 aliphatic rings. The SMILES string of the molecule is CCCCN(CCCC)Cc1ccnc(C)c1O. The van der Waals surface area contributed by atoms with Crippen LogP contribution in [0.2, 0.25) is 0 Å². The predicted molar refractivity (Wildman–Crippen MR) is 75.7 cm³/mol. The third-order valence-electron chi connectivity index (χ3n) is 3.24. The van der Waals surface area contributed by atoms with Crippen molar-refractivity contribution in [2.24, 2.45) is 0 Å². The van der Waals surface area contributed by atoms with E-state index in [1.807, 2.05) is 13.0 Å². The number of aryl methyl sites for hydroxylation is 1. The number of nitrogens with zero attached hydrogens (tertiary/aromatic N) is 2. The summed E-state index contributed by atoms with van der Waals surface area (Å²) in [5, 5.41) is 10.0. The first-order valence-corrected chi connectivity index (χ1v) is 7.04. The van der Waals surface area contributed by atoms with Gasteiger partial charge in [0, 0.05) is 18.3 Å². The zero-order valence-corrected chi connectivity index (χ0v) is 11.9. The van der Waals surface area contributed by atoms with Crippen molar-refractivity contribution in [3.63, 3.8) is 0 Å². The molecule has 1 heterocycles. The molecule has 18 heavy (non-hydrogen) atoms. The molecule has 1 aromatic heterocycles. The zero-order chi connectivity index (χ0) is 13.4. The molecular formula is C15H26N2O. The van der Waals surface area contributed by atoms with Gasteiger partial charge in [0.2, 0.25) is 0 Å². The third-order valence-corrected chi connectivity index (χ3v) is 3.24. The summed E-state index contributed by atoms with van der Waals surface area (Å²) in [5.74, 6) is 0.357. The van der Waals surface area contributed by atoms with Gasteiger partial charge in [-0.15, -0.1) is 0 Å². The lowest BCUT2D eigenvalue weighted by Gasteiger charge is -2.22. The monoisotopic (exact) mass is 250 g/mol. The van der Waals surface area contributed by atoms with E-state index in [-0.39, 0.29) is 0 Å². The van der Waals surface area contributed by atoms with Crippen molar-refractivity contribution in [1.29, 1.82) is 0 Å². The molecule has 0 atom stereocenters. The Labute approximate surface area is 111 Å². The number of unbranched alkanes of at least 4 members (excludes halogenated alkanes) is 2. The van der Waals surface area contributed by atoms with Crippen LogP contribution >= 0.6 is 0 Å². The van der Waals surface area contributed by atoms with Gasteiger partial charge in [0.05, 0.1) is 5.69 Å². The number of aromatic hydroxyl groups is 1. The summed E-state index contributed by atoms with van der Waals surface area (Å²) < 4.78 is 0. The van der Waals surface area contributed by atoms with Gasteiger partial charge in [-0.25, -0.2) is 0 Å². The van der Waals surface area contributed by atoms with Crippen LogP contribution in [0.25, 0.3) is 0 Å². The summed E-state index contributed by atoms with van der Waals surface area (Å²) in [6.07, 6.45) is 6.64. The van der Waals surface area contributed by atoms with Gasteiger partial charge in [0.15, 0.2) is 0 Å². The minimum atomic E-state index is 0.357. The van der Waals surface area contributed by atoms with Crippen molar-refractivity contribution in [3.8, 4) is 5.75 Å². The van der Waals surface area contributed by atoms with Crippen LogP contribution in [0.3, 0.4) is 0 Å². The second-order valence-corrected chi connectivity index (χ2v) is 4.89. The zero-order valence-electron chi connectivity index (χ0n) is 11.9. The maximum atomic E-state index is 10.0. The molecule has 102 valence electrons. The quantitative estimate of drug-likeness (QED) is 0.767. The van der Waals surface area contributed by atoms with Crippen molar-refractivity contribution in [3.05, 3.63) is 23.5 Å². The van der Waals surface area contributed by atoms with E-state index in [1.165, 1.54) is 25.7 Å². The fourth-order valence-corrected chi connectivity index (χ4v) is 2.01. The van der Waals surface area contributed by atoms with Crippen LogP contribution < -0.4 is 0 Å². The molecular weight excluding hydrogens is 224 g/mol. The molecule has 0 fully saturated rings. The highest BCUT2D eigenvalue weighted by Crippen LogP contribution is 2.21. The van der Waals surface area contributed by atoms with E-state index < -0.39 is 0 Å². The van der Waals surface area contributed by atoms with Gasteiger partial charge in [0.1, 0.15) is 5.75 Å². The molecule has 3 heteroatoms. The lowest BCUT2D eigenvalue weighted by atomic mass is 10.1. The van der Waals surface area contributed by atoms with Gasteiger partial charge in [-0.05, 0) is 38.9 Å². The van der Waals surface area contributed by atoms with Crippen molar-refractivity contribution < 1.29 is 5.11 Å². The first kappa shape index (κ1) is 15.0. The van der Waals surface area contributed by atoms with E-state index in [4.69, 9.17) is 0 Å². The van der Waals surface area contributed by atoms with Crippen molar-refractivity contribution in [2.75, 3.05) is 13.1 Å². The Hall–Kier alpha value is -1.09. The smallest absolute Gasteiger partial charge is 0.141 e. The summed E-state index contributed by atoms with van der Waals surface area (Å²) in [5.41, 5.74) is 1.72. The number of aromatic nitrogens is 1. The predicted octanol–water partition coefficient (Wildman–Crippen LogP) is 3.50. The summed E-state index contributed by atoms with van der Waals surface area (Å²) in [6, 6.07) is 1.92. The summed E-state index contributed by atoms with van der Waals surface area (Å²) in [4.78, 5) is 6.53. The Morgan fingerprint density at radius 2 is 1.78 bits per heavy atom. The summed E-state index contributed by atoms with van der Waals surface area (Å²) in [6.45, 7) is 9.32. The van der Waals surface area contributed by atoms with Crippen LogP contribution in [0.15, 0.2) is 12.3 Å². The van der Waals surface area contributed by atoms with E-state index in [0.29, 0.717) is 5.75 Å². The van der Waals surface area contributed by atoms with Gasteiger partial charge < -0.3 is 5.11 Å². The van der Waals surface area contributed by atoms with E-state index in [1.54, 1.807) is 6.20 Å². The lowest BCUT2D eigenvalue weighted by molar-refractivity contribution is 0.253. The Bertz CT molecular complexity index is 344. The lowest BCUT2D eigenvalue weighted by Crippen LogP contribution is -2.25. The number of rotatable bonds is 8. The molecule has 0 unspecified atom stereocenters. The molecule has 0 bridgehead atoms. The molecule has 0 amide bonds. The molecule has 1 aromatic rings. The third kappa shape index (κ3) is 4.65. The van der Waals surface area contributed by atoms with Crippen LogP contribution in [-0.4, -0.2) is 28.1 Å². The first-order valence-electron chi connectivity index (χ1n) is 7.04. The van der Waals surface area contributed by atoms with Gasteiger partial charge in [-0.1, -0.05) is 26.7 Å². The second-order valence-electron chi connectivity index (χ2n) is 4.89. The van der Waals surface area contributed by atoms with Crippen LogP contribution in [0.5, 0.6) is 5.75 Å². The molecule has 0 aliphatic heterocycles. The maximum Gasteiger partial charge on any atom is 0.141 e. The van der Waals surface area contributed by atoms with E-state index in [0.717, 1.165) is 30.9 Å². The van der Waals surface area contributed by atoms with Crippen LogP contribution in [0.1, 0.15) is 50.8 Å². The molecule has 0 saturated heterocycles. The molecule has 0 aromatic carbocycles. The molecule has 0 spiro atoms. The number of pyridine rings is 1. The average Bonchev–Trinajstić information content (AvgIpc) is 2.38. The molecule has 1 N–H and O–H groups in total. The van der Waals surface area contributed by atoms with Gasteiger partial charge >= 0.3 is 0 Å². The van der Waals surface area contributed by atoms with Gasteiger partial charge in [-0.3, -0.25) is 9.88 Å². The van der Waals surface area contributed by atoms with Crippen LogP contribution in [-0.2, 0) is 6.54 Å². The highest BCUT2D eigenvalue weighted by molar-refractivity contribution is 5.34. The fraction of sp³-hybridized carbons (Fsp3) is 0.667. The second kappa shape index (κ2) is 8.09. The summed E-state index contributed by atoms with van der Waals surface area (Å²) in [7, 11) is 0. The van der Waals surface area contributed by atoms with Gasteiger partial charge in [0.25, 0.3) is 0 Å². The fourth-order valence-electron chi connectivity index (χ4n) is 2.01. The number of hydrogen-bond acceptors (Lipinski definition) is 3. The van der Waals surface area contributed by atoms with E-state index >= 15 is 0 Å². The minimum absolute atomic E-state index is 0.357.